The highest BCUT2D eigenvalue weighted by Gasteiger charge is 2.43. The molecule has 31 heavy (non-hydrogen) atoms. The van der Waals surface area contributed by atoms with Crippen molar-refractivity contribution >= 4 is 21.8 Å². The van der Waals surface area contributed by atoms with Crippen LogP contribution < -0.4 is 5.32 Å². The molecule has 0 aromatic heterocycles. The second-order valence-electron chi connectivity index (χ2n) is 8.24. The molecule has 1 aromatic rings. The topological polar surface area (TPSA) is 137 Å². The smallest absolute Gasteiger partial charge is 0.407 e. The van der Waals surface area contributed by atoms with Crippen LogP contribution in [0.15, 0.2) is 29.2 Å². The standard InChI is InChI=1S/C19H29N3O8S/c1-19(2,3)30-18(23)20-14-10-13(11-16(14)29-12-28-5)21(4)31(26,27)17-9-7-6-8-15(17)22(24)25/h6-9,13-14,16H,10-12H2,1-5H3,(H,20,23)/t13-,14+,16-/m0/s1. The molecule has 1 saturated carbocycles. The monoisotopic (exact) mass is 459 g/mol. The van der Waals surface area contributed by atoms with Crippen molar-refractivity contribution in [1.82, 2.24) is 9.62 Å². The van der Waals surface area contributed by atoms with Gasteiger partial charge >= 0.3 is 6.09 Å². The molecule has 0 saturated heterocycles. The number of carbonyl (C=O) groups is 1. The number of ether oxygens (including phenoxy) is 3. The number of alkyl carbamates (subject to hydrolysis) is 1. The second kappa shape index (κ2) is 9.90. The van der Waals surface area contributed by atoms with Gasteiger partial charge in [0.05, 0.1) is 17.1 Å². The van der Waals surface area contributed by atoms with Crippen LogP contribution in [0.1, 0.15) is 33.6 Å². The number of nitrogens with zero attached hydrogens (tertiary/aromatic N) is 2. The zero-order valence-electron chi connectivity index (χ0n) is 18.2. The summed E-state index contributed by atoms with van der Waals surface area (Å²) in [5.41, 5.74) is -1.19. The Kier molecular flexibility index (Phi) is 7.98. The van der Waals surface area contributed by atoms with Gasteiger partial charge in [0.25, 0.3) is 5.69 Å². The van der Waals surface area contributed by atoms with E-state index in [-0.39, 0.29) is 24.5 Å². The molecular formula is C19H29N3O8S. The summed E-state index contributed by atoms with van der Waals surface area (Å²) in [6.07, 6.45) is -0.668. The Labute approximate surface area is 181 Å². The highest BCUT2D eigenvalue weighted by atomic mass is 32.2. The fourth-order valence-electron chi connectivity index (χ4n) is 3.40. The van der Waals surface area contributed by atoms with E-state index in [1.54, 1.807) is 20.8 Å². The number of hydrogen-bond acceptors (Lipinski definition) is 8. The van der Waals surface area contributed by atoms with Crippen molar-refractivity contribution in [3.8, 4) is 0 Å². The predicted octanol–water partition coefficient (Wildman–Crippen LogP) is 2.26. The molecule has 174 valence electrons. The number of carbonyl (C=O) groups excluding carboxylic acids is 1. The molecule has 12 heteroatoms. The van der Waals surface area contributed by atoms with Crippen molar-refractivity contribution in [2.45, 2.75) is 62.3 Å². The van der Waals surface area contributed by atoms with Crippen LogP contribution in [0, 0.1) is 10.1 Å². The van der Waals surface area contributed by atoms with Gasteiger partial charge in [-0.2, -0.15) is 4.31 Å². The second-order valence-corrected chi connectivity index (χ2v) is 10.2. The number of benzene rings is 1. The summed E-state index contributed by atoms with van der Waals surface area (Å²) in [5.74, 6) is 0. The van der Waals surface area contributed by atoms with Crippen molar-refractivity contribution in [1.29, 1.82) is 0 Å². The van der Waals surface area contributed by atoms with E-state index in [1.165, 1.54) is 32.4 Å². The molecule has 0 bridgehead atoms. The van der Waals surface area contributed by atoms with Gasteiger partial charge in [-0.15, -0.1) is 0 Å². The third-order valence-corrected chi connectivity index (χ3v) is 6.77. The number of nitrogens with one attached hydrogen (secondary N) is 1. The zero-order valence-corrected chi connectivity index (χ0v) is 19.0. The molecule has 0 heterocycles. The fourth-order valence-corrected chi connectivity index (χ4v) is 4.93. The van der Waals surface area contributed by atoms with Gasteiger partial charge in [0.2, 0.25) is 10.0 Å². The number of sulfonamides is 1. The molecular weight excluding hydrogens is 430 g/mol. The lowest BCUT2D eigenvalue weighted by Crippen LogP contribution is -2.44. The number of para-hydroxylation sites is 1. The lowest BCUT2D eigenvalue weighted by Gasteiger charge is -2.25. The number of rotatable bonds is 8. The Bertz CT molecular complexity index is 900. The molecule has 0 unspecified atom stereocenters. The van der Waals surface area contributed by atoms with E-state index in [1.807, 2.05) is 0 Å². The van der Waals surface area contributed by atoms with Crippen molar-refractivity contribution in [2.75, 3.05) is 21.0 Å². The number of methoxy groups -OCH3 is 1. The highest BCUT2D eigenvalue weighted by molar-refractivity contribution is 7.89. The maximum absolute atomic E-state index is 13.1. The fraction of sp³-hybridized carbons (Fsp3) is 0.632. The first kappa shape index (κ1) is 25.0. The van der Waals surface area contributed by atoms with Gasteiger partial charge in [0.15, 0.2) is 4.90 Å². The molecule has 1 aromatic carbocycles. The Morgan fingerprint density at radius 2 is 1.94 bits per heavy atom. The zero-order chi connectivity index (χ0) is 23.4. The van der Waals surface area contributed by atoms with E-state index < -0.39 is 50.5 Å². The van der Waals surface area contributed by atoms with E-state index in [2.05, 4.69) is 5.32 Å². The number of amides is 1. The largest absolute Gasteiger partial charge is 0.444 e. The lowest BCUT2D eigenvalue weighted by molar-refractivity contribution is -0.387. The lowest BCUT2D eigenvalue weighted by atomic mass is 10.2. The summed E-state index contributed by atoms with van der Waals surface area (Å²) in [5, 5.41) is 14.0. The van der Waals surface area contributed by atoms with E-state index in [4.69, 9.17) is 14.2 Å². The van der Waals surface area contributed by atoms with Crippen LogP contribution in [0.25, 0.3) is 0 Å². The predicted molar refractivity (Wildman–Crippen MR) is 111 cm³/mol. The van der Waals surface area contributed by atoms with Crippen LogP contribution in [0.2, 0.25) is 0 Å². The Balaban J connectivity index is 2.23. The number of hydrogen-bond donors (Lipinski definition) is 1. The average Bonchev–Trinajstić information content (AvgIpc) is 3.06. The van der Waals surface area contributed by atoms with Crippen molar-refractivity contribution in [3.63, 3.8) is 0 Å². The van der Waals surface area contributed by atoms with Crippen LogP contribution >= 0.6 is 0 Å². The molecule has 1 fully saturated rings. The van der Waals surface area contributed by atoms with Gasteiger partial charge in [-0.1, -0.05) is 12.1 Å². The Morgan fingerprint density at radius 3 is 2.52 bits per heavy atom. The highest BCUT2D eigenvalue weighted by Crippen LogP contribution is 2.33. The van der Waals surface area contributed by atoms with Crippen molar-refractivity contribution in [2.24, 2.45) is 0 Å². The number of nitro benzene ring substituents is 1. The van der Waals surface area contributed by atoms with Crippen molar-refractivity contribution in [3.05, 3.63) is 34.4 Å². The van der Waals surface area contributed by atoms with Gasteiger partial charge in [0, 0.05) is 26.3 Å². The van der Waals surface area contributed by atoms with E-state index in [9.17, 15) is 23.3 Å². The average molecular weight is 460 g/mol. The molecule has 0 spiro atoms. The Morgan fingerprint density at radius 1 is 1.29 bits per heavy atom. The van der Waals surface area contributed by atoms with E-state index in [0.717, 1.165) is 10.4 Å². The third-order valence-electron chi connectivity index (χ3n) is 4.81. The van der Waals surface area contributed by atoms with Gasteiger partial charge < -0.3 is 19.5 Å². The maximum atomic E-state index is 13.1. The normalized spacial score (nSPS) is 21.8. The minimum absolute atomic E-state index is 0.0372. The first-order chi connectivity index (χ1) is 14.4. The summed E-state index contributed by atoms with van der Waals surface area (Å²) in [6.45, 7) is 5.16. The minimum atomic E-state index is -4.16. The summed E-state index contributed by atoms with van der Waals surface area (Å²) in [6, 6.07) is 4.09. The minimum Gasteiger partial charge on any atom is -0.444 e. The van der Waals surface area contributed by atoms with Crippen LogP contribution in [0.4, 0.5) is 10.5 Å². The molecule has 0 aliphatic heterocycles. The van der Waals surface area contributed by atoms with Gasteiger partial charge in [-0.3, -0.25) is 10.1 Å². The SMILES string of the molecule is COCO[C@H]1C[C@@H](N(C)S(=O)(=O)c2ccccc2[N+](=O)[O-])C[C@H]1NC(=O)OC(C)(C)C. The molecule has 2 rings (SSSR count). The molecule has 1 amide bonds. The molecule has 1 aliphatic carbocycles. The van der Waals surface area contributed by atoms with Gasteiger partial charge in [-0.25, -0.2) is 13.2 Å². The molecule has 3 atom stereocenters. The molecule has 1 aliphatic rings. The molecule has 0 radical (unpaired) electrons. The van der Waals surface area contributed by atoms with E-state index in [0.29, 0.717) is 0 Å². The molecule has 11 nitrogen and oxygen atoms in total. The summed E-state index contributed by atoms with van der Waals surface area (Å²) in [4.78, 5) is 22.4. The van der Waals surface area contributed by atoms with Crippen LogP contribution in [0.5, 0.6) is 0 Å². The summed E-state index contributed by atoms with van der Waals surface area (Å²) in [7, 11) is -1.35. The van der Waals surface area contributed by atoms with Crippen LogP contribution in [-0.4, -0.2) is 68.5 Å². The number of nitro groups is 1. The maximum Gasteiger partial charge on any atom is 0.407 e. The quantitative estimate of drug-likeness (QED) is 0.355. The summed E-state index contributed by atoms with van der Waals surface area (Å²) < 4.78 is 43.2. The van der Waals surface area contributed by atoms with Gasteiger partial charge in [-0.05, 0) is 39.7 Å². The molecule has 1 N–H and O–H groups in total. The summed E-state index contributed by atoms with van der Waals surface area (Å²) >= 11 is 0. The van der Waals surface area contributed by atoms with Gasteiger partial charge in [0.1, 0.15) is 12.4 Å². The first-order valence-electron chi connectivity index (χ1n) is 9.68. The third kappa shape index (κ3) is 6.35. The Hall–Kier alpha value is -2.28. The van der Waals surface area contributed by atoms with Crippen molar-refractivity contribution < 1.29 is 32.3 Å². The van der Waals surface area contributed by atoms with Crippen LogP contribution in [-0.2, 0) is 24.2 Å². The first-order valence-corrected chi connectivity index (χ1v) is 11.1. The van der Waals surface area contributed by atoms with E-state index >= 15 is 0 Å². The van der Waals surface area contributed by atoms with Crippen LogP contribution in [0.3, 0.4) is 0 Å².